The number of benzene rings is 1. The zero-order valence-corrected chi connectivity index (χ0v) is 15.4. The smallest absolute Gasteiger partial charge is 0.308 e. The van der Waals surface area contributed by atoms with Crippen LogP contribution in [0.3, 0.4) is 0 Å². The minimum absolute atomic E-state index is 0.164. The van der Waals surface area contributed by atoms with Crippen molar-refractivity contribution in [1.82, 2.24) is 15.1 Å². The number of nitrogens with zero attached hydrogens (tertiary/aromatic N) is 3. The quantitative estimate of drug-likeness (QED) is 0.866. The second-order valence-electron chi connectivity index (χ2n) is 7.62. The lowest BCUT2D eigenvalue weighted by Gasteiger charge is -2.31. The van der Waals surface area contributed by atoms with Crippen molar-refractivity contribution >= 4 is 17.6 Å². The number of hydrogen-bond acceptors (Lipinski definition) is 4. The van der Waals surface area contributed by atoms with E-state index in [1.54, 1.807) is 11.1 Å². The zero-order valence-electron chi connectivity index (χ0n) is 15.4. The van der Waals surface area contributed by atoms with Gasteiger partial charge in [0, 0.05) is 25.1 Å². The number of aliphatic carboxylic acids is 1. The summed E-state index contributed by atoms with van der Waals surface area (Å²) in [4.78, 5) is 28.6. The molecule has 2 aliphatic heterocycles. The number of carboxylic acid groups (broad SMARTS) is 1. The van der Waals surface area contributed by atoms with Crippen molar-refractivity contribution in [2.45, 2.75) is 25.2 Å². The van der Waals surface area contributed by atoms with Gasteiger partial charge in [-0.15, -0.1) is 0 Å². The number of fused-ring (bicyclic) bond motifs is 1. The molecule has 1 amide bonds. The number of carboxylic acids is 1. The van der Waals surface area contributed by atoms with E-state index < -0.39 is 11.9 Å². The number of carbonyl (C=O) groups is 2. The highest BCUT2D eigenvalue weighted by Crippen LogP contribution is 2.31. The average molecular weight is 368 g/mol. The van der Waals surface area contributed by atoms with Crippen LogP contribution in [0.4, 0.5) is 5.69 Å². The Morgan fingerprint density at radius 3 is 2.93 bits per heavy atom. The highest BCUT2D eigenvalue weighted by molar-refractivity contribution is 6.07. The number of nitrogens with one attached hydrogen (secondary N) is 1. The van der Waals surface area contributed by atoms with Gasteiger partial charge in [0.2, 0.25) is 0 Å². The summed E-state index contributed by atoms with van der Waals surface area (Å²) >= 11 is 0. The normalized spacial score (nSPS) is 23.1. The summed E-state index contributed by atoms with van der Waals surface area (Å²) in [6.45, 7) is 2.27. The Labute approximate surface area is 158 Å². The lowest BCUT2D eigenvalue weighted by atomic mass is 9.89. The van der Waals surface area contributed by atoms with Crippen LogP contribution in [-0.2, 0) is 11.2 Å². The van der Waals surface area contributed by atoms with Gasteiger partial charge >= 0.3 is 5.97 Å². The molecule has 4 rings (SSSR count). The number of carbonyl (C=O) groups excluding carboxylic acids is 1. The molecule has 1 aromatic carbocycles. The van der Waals surface area contributed by atoms with E-state index in [2.05, 4.69) is 28.2 Å². The van der Waals surface area contributed by atoms with Gasteiger partial charge in [-0.05, 0) is 50.0 Å². The van der Waals surface area contributed by atoms with Gasteiger partial charge in [0.15, 0.2) is 0 Å². The van der Waals surface area contributed by atoms with Crippen molar-refractivity contribution in [3.63, 3.8) is 0 Å². The van der Waals surface area contributed by atoms with Crippen LogP contribution in [0.5, 0.6) is 0 Å². The van der Waals surface area contributed by atoms with Crippen molar-refractivity contribution < 1.29 is 14.7 Å². The van der Waals surface area contributed by atoms with E-state index in [1.165, 1.54) is 5.56 Å². The Balaban J connectivity index is 1.61. The molecule has 0 aliphatic carbocycles. The van der Waals surface area contributed by atoms with Gasteiger partial charge in [0.1, 0.15) is 0 Å². The Hall–Kier alpha value is -2.67. The zero-order chi connectivity index (χ0) is 19.0. The van der Waals surface area contributed by atoms with Crippen LogP contribution in [-0.4, -0.2) is 58.8 Å². The fraction of sp³-hybridized carbons (Fsp3) is 0.450. The van der Waals surface area contributed by atoms with E-state index in [0.717, 1.165) is 25.9 Å². The number of H-pyrrole nitrogens is 1. The predicted octanol–water partition coefficient (Wildman–Crippen LogP) is 2.12. The molecule has 7 heteroatoms. The van der Waals surface area contributed by atoms with E-state index in [4.69, 9.17) is 0 Å². The molecule has 2 atom stereocenters. The number of aromatic nitrogens is 2. The summed E-state index contributed by atoms with van der Waals surface area (Å²) in [6, 6.07) is 7.78. The fourth-order valence-electron chi connectivity index (χ4n) is 4.20. The van der Waals surface area contributed by atoms with Gasteiger partial charge in [-0.1, -0.05) is 12.1 Å². The first-order valence-electron chi connectivity index (χ1n) is 9.38. The van der Waals surface area contributed by atoms with Crippen LogP contribution in [0.25, 0.3) is 0 Å². The number of anilines is 1. The topological polar surface area (TPSA) is 89.5 Å². The second kappa shape index (κ2) is 7.15. The van der Waals surface area contributed by atoms with Crippen molar-refractivity contribution in [2.24, 2.45) is 5.92 Å². The number of amides is 1. The SMILES string of the molecule is CN1CCCC(c2cccc(C(=O)N3CC(C(=O)O)Cc4[nH]ncc43)c2)C1. The molecule has 0 saturated carbocycles. The molecular formula is C20H24N4O3. The standard InChI is InChI=1S/C20H24N4O3/c1-23-7-3-6-15(11-23)13-4-2-5-14(8-13)19(25)24-12-16(20(26)27)9-17-18(24)10-21-22-17/h2,4-5,8,10,15-16H,3,6-7,9,11-12H2,1H3,(H,21,22)(H,26,27). The fourth-order valence-corrected chi connectivity index (χ4v) is 4.20. The third-order valence-electron chi connectivity index (χ3n) is 5.66. The summed E-state index contributed by atoms with van der Waals surface area (Å²) in [6.07, 6.45) is 4.25. The monoisotopic (exact) mass is 368 g/mol. The lowest BCUT2D eigenvalue weighted by molar-refractivity contribution is -0.141. The predicted molar refractivity (Wildman–Crippen MR) is 101 cm³/mol. The van der Waals surface area contributed by atoms with Gasteiger partial charge in [-0.2, -0.15) is 5.10 Å². The molecule has 3 heterocycles. The molecule has 2 unspecified atom stereocenters. The molecule has 1 aromatic heterocycles. The van der Waals surface area contributed by atoms with Crippen molar-refractivity contribution in [1.29, 1.82) is 0 Å². The highest BCUT2D eigenvalue weighted by Gasteiger charge is 2.34. The second-order valence-corrected chi connectivity index (χ2v) is 7.62. The summed E-state index contributed by atoms with van der Waals surface area (Å²) < 4.78 is 0. The molecule has 1 saturated heterocycles. The summed E-state index contributed by atoms with van der Waals surface area (Å²) in [7, 11) is 2.13. The molecule has 1 fully saturated rings. The van der Waals surface area contributed by atoms with Crippen LogP contribution in [0.1, 0.15) is 40.4 Å². The van der Waals surface area contributed by atoms with Crippen LogP contribution in [0.15, 0.2) is 30.5 Å². The van der Waals surface area contributed by atoms with Gasteiger partial charge in [0.25, 0.3) is 5.91 Å². The molecular weight excluding hydrogens is 344 g/mol. The van der Waals surface area contributed by atoms with Crippen LogP contribution in [0, 0.1) is 5.92 Å². The van der Waals surface area contributed by atoms with E-state index in [-0.39, 0.29) is 12.5 Å². The Bertz CT molecular complexity index is 862. The van der Waals surface area contributed by atoms with Gasteiger partial charge < -0.3 is 14.9 Å². The summed E-state index contributed by atoms with van der Waals surface area (Å²) in [5.74, 6) is -1.27. The van der Waals surface area contributed by atoms with Crippen molar-refractivity contribution in [3.05, 3.63) is 47.3 Å². The molecule has 27 heavy (non-hydrogen) atoms. The summed E-state index contributed by atoms with van der Waals surface area (Å²) in [5, 5.41) is 16.3. The maximum absolute atomic E-state index is 13.2. The number of piperidine rings is 1. The molecule has 7 nitrogen and oxygen atoms in total. The van der Waals surface area contributed by atoms with Crippen LogP contribution in [0.2, 0.25) is 0 Å². The first-order chi connectivity index (χ1) is 13.0. The van der Waals surface area contributed by atoms with Crippen molar-refractivity contribution in [2.75, 3.05) is 31.6 Å². The van der Waals surface area contributed by atoms with Gasteiger partial charge in [0.05, 0.1) is 23.5 Å². The molecule has 2 aliphatic rings. The Morgan fingerprint density at radius 1 is 1.30 bits per heavy atom. The number of hydrogen-bond donors (Lipinski definition) is 2. The highest BCUT2D eigenvalue weighted by atomic mass is 16.4. The first-order valence-corrected chi connectivity index (χ1v) is 9.38. The van der Waals surface area contributed by atoms with E-state index in [0.29, 0.717) is 29.3 Å². The number of aromatic amines is 1. The largest absolute Gasteiger partial charge is 0.481 e. The average Bonchev–Trinajstić information content (AvgIpc) is 3.15. The molecule has 2 N–H and O–H groups in total. The van der Waals surface area contributed by atoms with E-state index in [9.17, 15) is 14.7 Å². The molecule has 0 radical (unpaired) electrons. The minimum atomic E-state index is -0.896. The summed E-state index contributed by atoms with van der Waals surface area (Å²) in [5.41, 5.74) is 3.15. The maximum Gasteiger partial charge on any atom is 0.308 e. The van der Waals surface area contributed by atoms with Crippen LogP contribution < -0.4 is 4.90 Å². The Kier molecular flexibility index (Phi) is 4.70. The van der Waals surface area contributed by atoms with Gasteiger partial charge in [-0.25, -0.2) is 0 Å². The third-order valence-corrected chi connectivity index (χ3v) is 5.66. The number of likely N-dealkylation sites (tertiary alicyclic amines) is 1. The maximum atomic E-state index is 13.2. The van der Waals surface area contributed by atoms with Crippen molar-refractivity contribution in [3.8, 4) is 0 Å². The van der Waals surface area contributed by atoms with Crippen LogP contribution >= 0.6 is 0 Å². The third kappa shape index (κ3) is 3.47. The Morgan fingerprint density at radius 2 is 2.15 bits per heavy atom. The molecule has 0 bridgehead atoms. The molecule has 2 aromatic rings. The van der Waals surface area contributed by atoms with Gasteiger partial charge in [-0.3, -0.25) is 14.7 Å². The first kappa shape index (κ1) is 17.7. The molecule has 142 valence electrons. The minimum Gasteiger partial charge on any atom is -0.481 e. The van der Waals surface area contributed by atoms with E-state index in [1.807, 2.05) is 18.2 Å². The van der Waals surface area contributed by atoms with E-state index >= 15 is 0 Å². The number of likely N-dealkylation sites (N-methyl/N-ethyl adjacent to an activating group) is 1. The molecule has 0 spiro atoms. The number of rotatable bonds is 3. The lowest BCUT2D eigenvalue weighted by Crippen LogP contribution is -2.42.